The Labute approximate surface area is 118 Å². The SMILES string of the molecule is Cc1cc(CNC(=O)c2ccc(Br)o2)cc(C)c1F. The van der Waals surface area contributed by atoms with Crippen LogP contribution < -0.4 is 5.32 Å². The first-order valence-corrected chi connectivity index (χ1v) is 6.56. The number of halogens is 2. The van der Waals surface area contributed by atoms with Gasteiger partial charge < -0.3 is 9.73 Å². The van der Waals surface area contributed by atoms with Crippen LogP contribution in [0.2, 0.25) is 0 Å². The molecular weight excluding hydrogens is 313 g/mol. The minimum atomic E-state index is -0.301. The summed E-state index contributed by atoms with van der Waals surface area (Å²) in [5.41, 5.74) is 2.00. The molecule has 2 aromatic rings. The Balaban J connectivity index is 2.05. The van der Waals surface area contributed by atoms with Crippen molar-refractivity contribution in [1.82, 2.24) is 5.32 Å². The van der Waals surface area contributed by atoms with Gasteiger partial charge in [-0.1, -0.05) is 12.1 Å². The number of carbonyl (C=O) groups is 1. The molecule has 0 bridgehead atoms. The van der Waals surface area contributed by atoms with E-state index in [0.717, 1.165) is 5.56 Å². The van der Waals surface area contributed by atoms with Crippen LogP contribution in [-0.4, -0.2) is 5.91 Å². The second-order valence-electron chi connectivity index (χ2n) is 4.33. The van der Waals surface area contributed by atoms with E-state index in [4.69, 9.17) is 4.42 Å². The van der Waals surface area contributed by atoms with E-state index < -0.39 is 0 Å². The third-order valence-electron chi connectivity index (χ3n) is 2.75. The average Bonchev–Trinajstić information content (AvgIpc) is 2.79. The lowest BCUT2D eigenvalue weighted by Crippen LogP contribution is -2.22. The van der Waals surface area contributed by atoms with Crippen molar-refractivity contribution in [2.75, 3.05) is 0 Å². The van der Waals surface area contributed by atoms with Crippen LogP contribution in [0.15, 0.2) is 33.4 Å². The Morgan fingerprint density at radius 2 is 1.95 bits per heavy atom. The highest BCUT2D eigenvalue weighted by atomic mass is 79.9. The molecule has 0 atom stereocenters. The number of furan rings is 1. The molecule has 1 heterocycles. The van der Waals surface area contributed by atoms with Gasteiger partial charge >= 0.3 is 0 Å². The van der Waals surface area contributed by atoms with Gasteiger partial charge in [0.05, 0.1) is 0 Å². The zero-order chi connectivity index (χ0) is 14.0. The molecule has 19 heavy (non-hydrogen) atoms. The van der Waals surface area contributed by atoms with Crippen LogP contribution >= 0.6 is 15.9 Å². The second kappa shape index (κ2) is 5.57. The van der Waals surface area contributed by atoms with Crippen molar-refractivity contribution in [3.63, 3.8) is 0 Å². The van der Waals surface area contributed by atoms with Gasteiger partial charge in [-0.25, -0.2) is 4.39 Å². The van der Waals surface area contributed by atoms with E-state index in [9.17, 15) is 9.18 Å². The summed E-state index contributed by atoms with van der Waals surface area (Å²) in [5.74, 6) is -0.266. The quantitative estimate of drug-likeness (QED) is 0.934. The zero-order valence-electron chi connectivity index (χ0n) is 10.6. The first kappa shape index (κ1) is 13.8. The van der Waals surface area contributed by atoms with E-state index in [1.165, 1.54) is 0 Å². The Morgan fingerprint density at radius 3 is 2.47 bits per heavy atom. The summed E-state index contributed by atoms with van der Waals surface area (Å²) >= 11 is 3.14. The number of benzene rings is 1. The number of nitrogens with one attached hydrogen (secondary N) is 1. The molecule has 1 N–H and O–H groups in total. The molecule has 0 fully saturated rings. The maximum atomic E-state index is 13.5. The maximum Gasteiger partial charge on any atom is 0.287 e. The highest BCUT2D eigenvalue weighted by molar-refractivity contribution is 9.10. The van der Waals surface area contributed by atoms with Gasteiger partial charge in [-0.15, -0.1) is 0 Å². The summed E-state index contributed by atoms with van der Waals surface area (Å²) < 4.78 is 19.1. The van der Waals surface area contributed by atoms with Crippen molar-refractivity contribution >= 4 is 21.8 Å². The number of hydrogen-bond donors (Lipinski definition) is 1. The van der Waals surface area contributed by atoms with Crippen LogP contribution in [0.1, 0.15) is 27.2 Å². The molecule has 0 radical (unpaired) electrons. The van der Waals surface area contributed by atoms with Gasteiger partial charge in [0.25, 0.3) is 5.91 Å². The molecule has 5 heteroatoms. The summed E-state index contributed by atoms with van der Waals surface area (Å²) in [6.45, 7) is 3.74. The van der Waals surface area contributed by atoms with Crippen molar-refractivity contribution in [3.8, 4) is 0 Å². The molecule has 0 aliphatic heterocycles. The number of rotatable bonds is 3. The molecule has 0 aliphatic carbocycles. The number of aryl methyl sites for hydroxylation is 2. The van der Waals surface area contributed by atoms with Crippen molar-refractivity contribution in [1.29, 1.82) is 0 Å². The van der Waals surface area contributed by atoms with Gasteiger partial charge in [-0.2, -0.15) is 0 Å². The lowest BCUT2D eigenvalue weighted by Gasteiger charge is -2.07. The second-order valence-corrected chi connectivity index (χ2v) is 5.11. The molecule has 0 saturated heterocycles. The van der Waals surface area contributed by atoms with Crippen molar-refractivity contribution in [3.05, 3.63) is 57.2 Å². The predicted octanol–water partition coefficient (Wildman–Crippen LogP) is 3.73. The molecule has 0 unspecified atom stereocenters. The average molecular weight is 326 g/mol. The summed E-state index contributed by atoms with van der Waals surface area (Å²) in [6, 6.07) is 6.68. The first-order chi connectivity index (χ1) is 8.97. The third-order valence-corrected chi connectivity index (χ3v) is 3.17. The van der Waals surface area contributed by atoms with Gasteiger partial charge in [-0.3, -0.25) is 4.79 Å². The molecule has 0 aliphatic rings. The summed E-state index contributed by atoms with van der Waals surface area (Å²) in [6.07, 6.45) is 0. The smallest absolute Gasteiger partial charge is 0.287 e. The summed E-state index contributed by atoms with van der Waals surface area (Å²) in [5, 5.41) is 2.73. The number of hydrogen-bond acceptors (Lipinski definition) is 2. The van der Waals surface area contributed by atoms with Crippen molar-refractivity contribution < 1.29 is 13.6 Å². The highest BCUT2D eigenvalue weighted by Gasteiger charge is 2.10. The molecule has 1 aromatic heterocycles. The van der Waals surface area contributed by atoms with Gasteiger partial charge in [-0.05, 0) is 58.6 Å². The zero-order valence-corrected chi connectivity index (χ0v) is 12.2. The van der Waals surface area contributed by atoms with E-state index in [1.54, 1.807) is 38.1 Å². The molecule has 3 nitrogen and oxygen atoms in total. The fourth-order valence-corrected chi connectivity index (χ4v) is 2.15. The van der Waals surface area contributed by atoms with Crippen molar-refractivity contribution in [2.45, 2.75) is 20.4 Å². The van der Waals surface area contributed by atoms with Crippen LogP contribution in [0.5, 0.6) is 0 Å². The van der Waals surface area contributed by atoms with E-state index in [0.29, 0.717) is 22.3 Å². The van der Waals surface area contributed by atoms with E-state index in [-0.39, 0.29) is 17.5 Å². The maximum absolute atomic E-state index is 13.5. The van der Waals surface area contributed by atoms with E-state index in [1.807, 2.05) is 0 Å². The minimum Gasteiger partial charge on any atom is -0.444 e. The monoisotopic (exact) mass is 325 g/mol. The van der Waals surface area contributed by atoms with Crippen molar-refractivity contribution in [2.24, 2.45) is 0 Å². The Bertz CT molecular complexity index is 599. The largest absolute Gasteiger partial charge is 0.444 e. The lowest BCUT2D eigenvalue weighted by atomic mass is 10.1. The topological polar surface area (TPSA) is 42.2 Å². The van der Waals surface area contributed by atoms with E-state index in [2.05, 4.69) is 21.2 Å². The van der Waals surface area contributed by atoms with Crippen LogP contribution in [0, 0.1) is 19.7 Å². The first-order valence-electron chi connectivity index (χ1n) is 5.76. The van der Waals surface area contributed by atoms with Crippen LogP contribution in [-0.2, 0) is 6.54 Å². The third kappa shape index (κ3) is 3.23. The van der Waals surface area contributed by atoms with Crippen LogP contribution in [0.3, 0.4) is 0 Å². The standard InChI is InChI=1S/C14H13BrFNO2/c1-8-5-10(6-9(2)13(8)16)7-17-14(18)11-3-4-12(15)19-11/h3-6H,7H2,1-2H3,(H,17,18). The lowest BCUT2D eigenvalue weighted by molar-refractivity contribution is 0.0922. The van der Waals surface area contributed by atoms with Gasteiger partial charge in [0.2, 0.25) is 0 Å². The van der Waals surface area contributed by atoms with Crippen LogP contribution in [0.4, 0.5) is 4.39 Å². The Morgan fingerprint density at radius 1 is 1.32 bits per heavy atom. The number of carbonyl (C=O) groups excluding carboxylic acids is 1. The molecule has 0 saturated carbocycles. The highest BCUT2D eigenvalue weighted by Crippen LogP contribution is 2.16. The fraction of sp³-hybridized carbons (Fsp3) is 0.214. The van der Waals surface area contributed by atoms with Gasteiger partial charge in [0.15, 0.2) is 10.4 Å². The van der Waals surface area contributed by atoms with E-state index >= 15 is 0 Å². The fourth-order valence-electron chi connectivity index (χ4n) is 1.84. The molecule has 1 amide bonds. The van der Waals surface area contributed by atoms with Crippen LogP contribution in [0.25, 0.3) is 0 Å². The Hall–Kier alpha value is -1.62. The minimum absolute atomic E-state index is 0.204. The van der Waals surface area contributed by atoms with Gasteiger partial charge in [0, 0.05) is 6.54 Å². The molecule has 2 rings (SSSR count). The summed E-state index contributed by atoms with van der Waals surface area (Å²) in [4.78, 5) is 11.8. The molecule has 100 valence electrons. The molecular formula is C14H13BrFNO2. The summed E-state index contributed by atoms with van der Waals surface area (Å²) in [7, 11) is 0. The molecule has 1 aromatic carbocycles. The molecule has 0 spiro atoms. The van der Waals surface area contributed by atoms with Gasteiger partial charge in [0.1, 0.15) is 5.82 Å². The Kier molecular flexibility index (Phi) is 4.04. The number of amides is 1. The normalized spacial score (nSPS) is 10.5. The predicted molar refractivity (Wildman–Crippen MR) is 73.5 cm³/mol.